The number of hydrogen-bond acceptors (Lipinski definition) is 5. The molecule has 0 unspecified atom stereocenters. The van der Waals surface area contributed by atoms with E-state index < -0.39 is 0 Å². The van der Waals surface area contributed by atoms with Gasteiger partial charge < -0.3 is 15.5 Å². The number of aromatic amines is 1. The minimum Gasteiger partial charge on any atom is -0.369 e. The summed E-state index contributed by atoms with van der Waals surface area (Å²) in [7, 11) is 2.16. The predicted molar refractivity (Wildman–Crippen MR) is 122 cm³/mol. The van der Waals surface area contributed by atoms with Gasteiger partial charge in [0.05, 0.1) is 17.4 Å². The van der Waals surface area contributed by atoms with Crippen molar-refractivity contribution >= 4 is 16.6 Å². The molecule has 0 spiro atoms. The number of nitrogens with zero attached hydrogens (tertiary/aromatic N) is 4. The number of nitrogens with two attached hydrogens (primary N) is 1. The smallest absolute Gasteiger partial charge is 0.132 e. The maximum Gasteiger partial charge on any atom is 0.132 e. The van der Waals surface area contributed by atoms with Gasteiger partial charge in [0, 0.05) is 54.9 Å². The van der Waals surface area contributed by atoms with Crippen LogP contribution in [0.5, 0.6) is 0 Å². The van der Waals surface area contributed by atoms with Gasteiger partial charge in [0.2, 0.25) is 0 Å². The van der Waals surface area contributed by atoms with E-state index in [-0.39, 0.29) is 12.4 Å². The van der Waals surface area contributed by atoms with Crippen LogP contribution < -0.4 is 10.6 Å². The third kappa shape index (κ3) is 3.66. The summed E-state index contributed by atoms with van der Waals surface area (Å²) < 4.78 is 14.6. The number of fused-ring (bicyclic) bond motifs is 1. The molecule has 158 valence electrons. The molecular formula is C24H25FN6. The molecule has 4 aromatic rings. The lowest BCUT2D eigenvalue weighted by Gasteiger charge is -2.34. The lowest BCUT2D eigenvalue weighted by Crippen LogP contribution is -2.44. The van der Waals surface area contributed by atoms with Gasteiger partial charge in [-0.05, 0) is 36.9 Å². The van der Waals surface area contributed by atoms with E-state index >= 15 is 0 Å². The molecule has 6 nitrogen and oxygen atoms in total. The fraction of sp³-hybridized carbons (Fsp3) is 0.250. The summed E-state index contributed by atoms with van der Waals surface area (Å²) in [5.41, 5.74) is 11.4. The highest BCUT2D eigenvalue weighted by Crippen LogP contribution is 2.32. The Bertz CT molecular complexity index is 1210. The summed E-state index contributed by atoms with van der Waals surface area (Å²) in [6.07, 6.45) is 1.70. The molecule has 0 aliphatic carbocycles. The second kappa shape index (κ2) is 8.09. The van der Waals surface area contributed by atoms with Gasteiger partial charge in [-0.1, -0.05) is 24.3 Å². The lowest BCUT2D eigenvalue weighted by atomic mass is 10.0. The summed E-state index contributed by atoms with van der Waals surface area (Å²) in [4.78, 5) is 9.21. The van der Waals surface area contributed by atoms with E-state index in [1.54, 1.807) is 12.3 Å². The van der Waals surface area contributed by atoms with Crippen molar-refractivity contribution in [3.8, 4) is 22.5 Å². The van der Waals surface area contributed by atoms with Gasteiger partial charge in [-0.2, -0.15) is 5.10 Å². The van der Waals surface area contributed by atoms with Crippen LogP contribution in [0.25, 0.3) is 33.4 Å². The maximum absolute atomic E-state index is 14.6. The minimum absolute atomic E-state index is 0.249. The minimum atomic E-state index is -0.323. The first-order valence-electron chi connectivity index (χ1n) is 10.5. The quantitative estimate of drug-likeness (QED) is 0.531. The second-order valence-electron chi connectivity index (χ2n) is 8.00. The Morgan fingerprint density at radius 1 is 1.06 bits per heavy atom. The molecule has 1 aliphatic rings. The SMILES string of the molecule is CN1CCN(c2ccc(-c3n[nH]c4cnc(-c5c(F)cccc5CN)cc34)cc2)CC1. The van der Waals surface area contributed by atoms with E-state index in [2.05, 4.69) is 56.3 Å². The molecule has 3 heterocycles. The van der Waals surface area contributed by atoms with Crippen LogP contribution in [0, 0.1) is 5.82 Å². The number of piperazine rings is 1. The van der Waals surface area contributed by atoms with Gasteiger partial charge in [-0.15, -0.1) is 0 Å². The number of rotatable bonds is 4. The van der Waals surface area contributed by atoms with Gasteiger partial charge in [-0.3, -0.25) is 10.1 Å². The Morgan fingerprint density at radius 3 is 2.58 bits per heavy atom. The van der Waals surface area contributed by atoms with Crippen LogP contribution in [0.3, 0.4) is 0 Å². The Hall–Kier alpha value is -3.29. The molecule has 5 rings (SSSR count). The van der Waals surface area contributed by atoms with Crippen molar-refractivity contribution in [2.45, 2.75) is 6.54 Å². The fourth-order valence-corrected chi connectivity index (χ4v) is 4.19. The first-order valence-corrected chi connectivity index (χ1v) is 10.5. The van der Waals surface area contributed by atoms with Gasteiger partial charge in [0.1, 0.15) is 11.5 Å². The Kier molecular flexibility index (Phi) is 5.13. The van der Waals surface area contributed by atoms with Crippen LogP contribution in [0.4, 0.5) is 10.1 Å². The third-order valence-corrected chi connectivity index (χ3v) is 6.03. The van der Waals surface area contributed by atoms with E-state index in [0.29, 0.717) is 11.3 Å². The Labute approximate surface area is 180 Å². The zero-order chi connectivity index (χ0) is 21.4. The third-order valence-electron chi connectivity index (χ3n) is 6.03. The molecule has 7 heteroatoms. The van der Waals surface area contributed by atoms with Crippen molar-refractivity contribution in [1.82, 2.24) is 20.1 Å². The highest BCUT2D eigenvalue weighted by Gasteiger charge is 2.17. The zero-order valence-corrected chi connectivity index (χ0v) is 17.5. The van der Waals surface area contributed by atoms with E-state index in [1.807, 2.05) is 12.1 Å². The van der Waals surface area contributed by atoms with Crippen molar-refractivity contribution in [2.24, 2.45) is 5.73 Å². The molecule has 2 aromatic carbocycles. The largest absolute Gasteiger partial charge is 0.369 e. The van der Waals surface area contributed by atoms with Crippen LogP contribution in [-0.4, -0.2) is 53.3 Å². The van der Waals surface area contributed by atoms with E-state index in [1.165, 1.54) is 11.8 Å². The van der Waals surface area contributed by atoms with Gasteiger partial charge in [-0.25, -0.2) is 4.39 Å². The van der Waals surface area contributed by atoms with Crippen molar-refractivity contribution in [2.75, 3.05) is 38.1 Å². The molecule has 0 bridgehead atoms. The standard InChI is InChI=1S/C24H25FN6/c1-30-9-11-31(12-10-30)18-7-5-16(6-8-18)24-19-13-21(27-15-22(19)28-29-24)23-17(14-26)3-2-4-20(23)25/h2-8,13,15H,9-12,14,26H2,1H3,(H,28,29). The number of aromatic nitrogens is 3. The van der Waals surface area contributed by atoms with Crippen LogP contribution in [0.2, 0.25) is 0 Å². The number of anilines is 1. The molecule has 1 saturated heterocycles. The molecule has 2 aromatic heterocycles. The summed E-state index contributed by atoms with van der Waals surface area (Å²) in [5.74, 6) is -0.323. The average molecular weight is 417 g/mol. The molecule has 1 aliphatic heterocycles. The average Bonchev–Trinajstić information content (AvgIpc) is 3.23. The molecule has 0 atom stereocenters. The number of likely N-dealkylation sites (N-methyl/N-ethyl adjacent to an activating group) is 1. The number of halogens is 1. The number of hydrogen-bond donors (Lipinski definition) is 2. The topological polar surface area (TPSA) is 74.1 Å². The van der Waals surface area contributed by atoms with Crippen molar-refractivity contribution in [3.05, 3.63) is 66.1 Å². The first kappa shape index (κ1) is 19.7. The van der Waals surface area contributed by atoms with Crippen LogP contribution in [0.1, 0.15) is 5.56 Å². The lowest BCUT2D eigenvalue weighted by molar-refractivity contribution is 0.313. The van der Waals surface area contributed by atoms with Crippen LogP contribution in [-0.2, 0) is 6.54 Å². The number of H-pyrrole nitrogens is 1. The number of pyridine rings is 1. The van der Waals surface area contributed by atoms with Gasteiger partial charge >= 0.3 is 0 Å². The van der Waals surface area contributed by atoms with E-state index in [9.17, 15) is 4.39 Å². The number of benzene rings is 2. The Morgan fingerprint density at radius 2 is 1.84 bits per heavy atom. The van der Waals surface area contributed by atoms with Gasteiger partial charge in [0.15, 0.2) is 0 Å². The zero-order valence-electron chi connectivity index (χ0n) is 17.5. The fourth-order valence-electron chi connectivity index (χ4n) is 4.19. The molecule has 0 amide bonds. The molecule has 3 N–H and O–H groups in total. The van der Waals surface area contributed by atoms with E-state index in [4.69, 9.17) is 5.73 Å². The predicted octanol–water partition coefficient (Wildman–Crippen LogP) is 3.64. The highest BCUT2D eigenvalue weighted by molar-refractivity contribution is 5.94. The van der Waals surface area contributed by atoms with Crippen LogP contribution >= 0.6 is 0 Å². The summed E-state index contributed by atoms with van der Waals surface area (Å²) >= 11 is 0. The monoisotopic (exact) mass is 416 g/mol. The van der Waals surface area contributed by atoms with Crippen molar-refractivity contribution < 1.29 is 4.39 Å². The summed E-state index contributed by atoms with van der Waals surface area (Å²) in [6, 6.07) is 15.3. The Balaban J connectivity index is 1.51. The molecule has 1 fully saturated rings. The summed E-state index contributed by atoms with van der Waals surface area (Å²) in [5, 5.41) is 8.46. The highest BCUT2D eigenvalue weighted by atomic mass is 19.1. The molecular weight excluding hydrogens is 391 g/mol. The summed E-state index contributed by atoms with van der Waals surface area (Å²) in [6.45, 7) is 4.45. The number of nitrogens with one attached hydrogen (secondary N) is 1. The molecule has 0 radical (unpaired) electrons. The van der Waals surface area contributed by atoms with Crippen LogP contribution in [0.15, 0.2) is 54.7 Å². The normalized spacial score (nSPS) is 15.0. The second-order valence-corrected chi connectivity index (χ2v) is 8.00. The van der Waals surface area contributed by atoms with Crippen molar-refractivity contribution in [1.29, 1.82) is 0 Å². The van der Waals surface area contributed by atoms with Crippen molar-refractivity contribution in [3.63, 3.8) is 0 Å². The van der Waals surface area contributed by atoms with E-state index in [0.717, 1.165) is 53.9 Å². The molecule has 0 saturated carbocycles. The molecule has 31 heavy (non-hydrogen) atoms. The maximum atomic E-state index is 14.6. The first-order chi connectivity index (χ1) is 15.1. The van der Waals surface area contributed by atoms with Gasteiger partial charge in [0.25, 0.3) is 0 Å².